The van der Waals surface area contributed by atoms with Gasteiger partial charge in [-0.15, -0.1) is 0 Å². The molecule has 3 aromatic rings. The molecule has 0 aliphatic carbocycles. The standard InChI is InChI=1S/C28H33FN8O/c1-18-23-26(35-28(18)38)32-17-33-27(23)37-14-8-19(9-15-37)24-22(30-11-16-36-12-2-3-13-36)7-6-21(34-24)20-5-4-10-31-25(20)29/h4-7,10,17-19,30H,2-3,8-9,11-16H2,1H3,(H,32,33,35,38). The first kappa shape index (κ1) is 24.7. The molecule has 10 heteroatoms. The van der Waals surface area contributed by atoms with Gasteiger partial charge in [0.15, 0.2) is 0 Å². The smallest absolute Gasteiger partial charge is 0.233 e. The molecule has 2 saturated heterocycles. The Balaban J connectivity index is 1.23. The van der Waals surface area contributed by atoms with Gasteiger partial charge in [0.25, 0.3) is 0 Å². The predicted octanol–water partition coefficient (Wildman–Crippen LogP) is 4.02. The average molecular weight is 517 g/mol. The molecule has 2 fully saturated rings. The summed E-state index contributed by atoms with van der Waals surface area (Å²) in [6.45, 7) is 7.65. The van der Waals surface area contributed by atoms with E-state index in [-0.39, 0.29) is 17.7 Å². The van der Waals surface area contributed by atoms with Crippen LogP contribution in [0.5, 0.6) is 0 Å². The number of carbonyl (C=O) groups is 1. The van der Waals surface area contributed by atoms with Gasteiger partial charge in [-0.3, -0.25) is 9.78 Å². The summed E-state index contributed by atoms with van der Waals surface area (Å²) in [6, 6.07) is 7.38. The van der Waals surface area contributed by atoms with E-state index in [4.69, 9.17) is 4.98 Å². The molecule has 0 spiro atoms. The number of piperidine rings is 1. The zero-order valence-corrected chi connectivity index (χ0v) is 21.7. The van der Waals surface area contributed by atoms with Gasteiger partial charge < -0.3 is 20.4 Å². The van der Waals surface area contributed by atoms with Crippen LogP contribution in [0.2, 0.25) is 0 Å². The van der Waals surface area contributed by atoms with Gasteiger partial charge in [0.2, 0.25) is 11.9 Å². The molecule has 2 N–H and O–H groups in total. The molecule has 0 radical (unpaired) electrons. The fourth-order valence-electron chi connectivity index (χ4n) is 5.87. The number of likely N-dealkylation sites (tertiary alicyclic amines) is 1. The second kappa shape index (κ2) is 10.6. The van der Waals surface area contributed by atoms with E-state index < -0.39 is 5.95 Å². The van der Waals surface area contributed by atoms with Gasteiger partial charge in [0.1, 0.15) is 18.0 Å². The number of aromatic nitrogens is 4. The van der Waals surface area contributed by atoms with Crippen LogP contribution in [0.3, 0.4) is 0 Å². The molecule has 9 nitrogen and oxygen atoms in total. The second-order valence-electron chi connectivity index (χ2n) is 10.4. The van der Waals surface area contributed by atoms with Crippen LogP contribution in [0.15, 0.2) is 36.8 Å². The monoisotopic (exact) mass is 516 g/mol. The zero-order chi connectivity index (χ0) is 26.1. The third-order valence-corrected chi connectivity index (χ3v) is 8.01. The van der Waals surface area contributed by atoms with Crippen LogP contribution in [0.1, 0.15) is 55.7 Å². The van der Waals surface area contributed by atoms with E-state index in [2.05, 4.69) is 35.4 Å². The fraction of sp³-hybridized carbons (Fsp3) is 0.464. The van der Waals surface area contributed by atoms with Crippen LogP contribution in [0.25, 0.3) is 11.3 Å². The van der Waals surface area contributed by atoms with Gasteiger partial charge in [-0.2, -0.15) is 4.39 Å². The predicted molar refractivity (Wildman–Crippen MR) is 145 cm³/mol. The van der Waals surface area contributed by atoms with E-state index in [1.54, 1.807) is 12.1 Å². The number of carbonyl (C=O) groups excluding carboxylic acids is 1. The summed E-state index contributed by atoms with van der Waals surface area (Å²) in [4.78, 5) is 34.6. The van der Waals surface area contributed by atoms with Crippen LogP contribution in [0, 0.1) is 5.95 Å². The molecule has 38 heavy (non-hydrogen) atoms. The van der Waals surface area contributed by atoms with Crippen molar-refractivity contribution in [2.75, 3.05) is 54.8 Å². The molecule has 3 aromatic heterocycles. The van der Waals surface area contributed by atoms with Crippen molar-refractivity contribution in [3.05, 3.63) is 54.0 Å². The topological polar surface area (TPSA) is 99.2 Å². The van der Waals surface area contributed by atoms with Crippen molar-refractivity contribution >= 4 is 23.2 Å². The number of pyridine rings is 2. The van der Waals surface area contributed by atoms with Crippen molar-refractivity contribution in [1.82, 2.24) is 24.8 Å². The SMILES string of the molecule is CC1C(=O)Nc2ncnc(N3CCC(c4nc(-c5cccnc5F)ccc4NCCN4CCCC4)CC3)c21. The maximum atomic E-state index is 14.5. The molecule has 0 bridgehead atoms. The largest absolute Gasteiger partial charge is 0.382 e. The molecule has 1 atom stereocenters. The Hall–Kier alpha value is -3.66. The normalized spacial score (nSPS) is 20.0. The molecule has 1 unspecified atom stereocenters. The molecule has 1 amide bonds. The third kappa shape index (κ3) is 4.80. The van der Waals surface area contributed by atoms with Crippen LogP contribution in [0.4, 0.5) is 21.7 Å². The molecular weight excluding hydrogens is 483 g/mol. The molecule has 6 heterocycles. The number of hydrogen-bond donors (Lipinski definition) is 2. The number of hydrogen-bond acceptors (Lipinski definition) is 8. The van der Waals surface area contributed by atoms with E-state index >= 15 is 0 Å². The Bertz CT molecular complexity index is 1320. The quantitative estimate of drug-likeness (QED) is 0.455. The van der Waals surface area contributed by atoms with Crippen molar-refractivity contribution in [3.63, 3.8) is 0 Å². The maximum Gasteiger partial charge on any atom is 0.233 e. The summed E-state index contributed by atoms with van der Waals surface area (Å²) in [7, 11) is 0. The number of anilines is 3. The molecule has 198 valence electrons. The lowest BCUT2D eigenvalue weighted by atomic mass is 9.91. The highest BCUT2D eigenvalue weighted by Gasteiger charge is 2.34. The number of amides is 1. The van der Waals surface area contributed by atoms with E-state index in [0.717, 1.165) is 74.9 Å². The van der Waals surface area contributed by atoms with Gasteiger partial charge in [-0.1, -0.05) is 0 Å². The first-order chi connectivity index (χ1) is 18.6. The Labute approximate surface area is 221 Å². The van der Waals surface area contributed by atoms with Crippen molar-refractivity contribution < 1.29 is 9.18 Å². The van der Waals surface area contributed by atoms with E-state index in [1.807, 2.05) is 19.1 Å². The summed E-state index contributed by atoms with van der Waals surface area (Å²) < 4.78 is 14.5. The van der Waals surface area contributed by atoms with Gasteiger partial charge in [0, 0.05) is 43.9 Å². The Kier molecular flexibility index (Phi) is 6.88. The lowest BCUT2D eigenvalue weighted by molar-refractivity contribution is -0.116. The van der Waals surface area contributed by atoms with Crippen molar-refractivity contribution in [3.8, 4) is 11.3 Å². The molecule has 0 aromatic carbocycles. The van der Waals surface area contributed by atoms with Crippen LogP contribution < -0.4 is 15.5 Å². The van der Waals surface area contributed by atoms with E-state index in [0.29, 0.717) is 17.1 Å². The summed E-state index contributed by atoms with van der Waals surface area (Å²) in [5.41, 5.74) is 3.89. The van der Waals surface area contributed by atoms with Crippen LogP contribution in [-0.4, -0.2) is 70.0 Å². The van der Waals surface area contributed by atoms with Gasteiger partial charge in [0.05, 0.1) is 28.6 Å². The van der Waals surface area contributed by atoms with Crippen LogP contribution >= 0.6 is 0 Å². The van der Waals surface area contributed by atoms with Crippen molar-refractivity contribution in [2.45, 2.75) is 44.4 Å². The van der Waals surface area contributed by atoms with Gasteiger partial charge in [-0.25, -0.2) is 15.0 Å². The minimum absolute atomic E-state index is 0.0371. The highest BCUT2D eigenvalue weighted by Crippen LogP contribution is 2.40. The third-order valence-electron chi connectivity index (χ3n) is 8.01. The van der Waals surface area contributed by atoms with Crippen molar-refractivity contribution in [1.29, 1.82) is 0 Å². The minimum Gasteiger partial charge on any atom is -0.382 e. The second-order valence-corrected chi connectivity index (χ2v) is 10.4. The van der Waals surface area contributed by atoms with E-state index in [1.165, 1.54) is 25.4 Å². The average Bonchev–Trinajstić information content (AvgIpc) is 3.57. The Morgan fingerprint density at radius 1 is 1.08 bits per heavy atom. The molecule has 3 aliphatic rings. The molecular formula is C28H33FN8O. The Morgan fingerprint density at radius 2 is 1.89 bits per heavy atom. The number of fused-ring (bicyclic) bond motifs is 1. The number of nitrogens with zero attached hydrogens (tertiary/aromatic N) is 6. The van der Waals surface area contributed by atoms with E-state index in [9.17, 15) is 9.18 Å². The van der Waals surface area contributed by atoms with Gasteiger partial charge >= 0.3 is 0 Å². The number of rotatable bonds is 7. The highest BCUT2D eigenvalue weighted by atomic mass is 19.1. The highest BCUT2D eigenvalue weighted by molar-refractivity contribution is 6.03. The van der Waals surface area contributed by atoms with Crippen molar-refractivity contribution in [2.24, 2.45) is 0 Å². The van der Waals surface area contributed by atoms with Gasteiger partial charge in [-0.05, 0) is 70.0 Å². The lowest BCUT2D eigenvalue weighted by Gasteiger charge is -2.34. The zero-order valence-electron chi connectivity index (χ0n) is 21.7. The first-order valence-electron chi connectivity index (χ1n) is 13.6. The fourth-order valence-corrected chi connectivity index (χ4v) is 5.87. The number of halogens is 1. The first-order valence-corrected chi connectivity index (χ1v) is 13.6. The van der Waals surface area contributed by atoms with Crippen LogP contribution in [-0.2, 0) is 4.79 Å². The summed E-state index contributed by atoms with van der Waals surface area (Å²) in [5, 5.41) is 6.49. The Morgan fingerprint density at radius 3 is 2.68 bits per heavy atom. The minimum atomic E-state index is -0.509. The summed E-state index contributed by atoms with van der Waals surface area (Å²) in [5.74, 6) is 0.857. The lowest BCUT2D eigenvalue weighted by Crippen LogP contribution is -2.35. The molecule has 6 rings (SSSR count). The number of nitrogens with one attached hydrogen (secondary N) is 2. The molecule has 0 saturated carbocycles. The molecule has 3 aliphatic heterocycles. The maximum absolute atomic E-state index is 14.5. The summed E-state index contributed by atoms with van der Waals surface area (Å²) in [6.07, 6.45) is 7.28. The summed E-state index contributed by atoms with van der Waals surface area (Å²) >= 11 is 0.